The van der Waals surface area contributed by atoms with Crippen LogP contribution in [0.25, 0.3) is 0 Å². The first-order chi connectivity index (χ1) is 10.00. The average molecular weight is 290 g/mol. The van der Waals surface area contributed by atoms with Crippen LogP contribution >= 0.6 is 0 Å². The Morgan fingerprint density at radius 3 is 2.71 bits per heavy atom. The van der Waals surface area contributed by atoms with E-state index in [2.05, 4.69) is 47.8 Å². The van der Waals surface area contributed by atoms with Crippen LogP contribution in [0, 0.1) is 17.3 Å². The van der Waals surface area contributed by atoms with Crippen LogP contribution < -0.4 is 5.32 Å². The quantitative estimate of drug-likeness (QED) is 0.875. The minimum Gasteiger partial charge on any atom is -0.314 e. The van der Waals surface area contributed by atoms with Crippen molar-refractivity contribution in [3.63, 3.8) is 0 Å². The van der Waals surface area contributed by atoms with Gasteiger partial charge in [0.05, 0.1) is 0 Å². The fraction of sp³-hybridized carbons (Fsp3) is 0.882. The maximum Gasteiger partial charge on any atom is 0.138 e. The standard InChI is InChI=1S/C17H30N4/c1-12(2)18-10-17(8-14-5-6-15(17)7-14)9-16-19-11-20-21(16)13(3)4/h11-15,18H,5-10H2,1-4H3. The molecule has 2 aliphatic carbocycles. The first kappa shape index (κ1) is 15.0. The second-order valence-corrected chi connectivity index (χ2v) is 7.87. The Morgan fingerprint density at radius 2 is 2.14 bits per heavy atom. The van der Waals surface area contributed by atoms with Gasteiger partial charge < -0.3 is 5.32 Å². The van der Waals surface area contributed by atoms with E-state index in [4.69, 9.17) is 0 Å². The summed E-state index contributed by atoms with van der Waals surface area (Å²) in [4.78, 5) is 4.58. The number of hydrogen-bond donors (Lipinski definition) is 1. The number of hydrogen-bond acceptors (Lipinski definition) is 3. The zero-order chi connectivity index (χ0) is 15.0. The van der Waals surface area contributed by atoms with Crippen LogP contribution in [0.2, 0.25) is 0 Å². The van der Waals surface area contributed by atoms with Crippen LogP contribution in [0.15, 0.2) is 6.33 Å². The van der Waals surface area contributed by atoms with Gasteiger partial charge in [-0.05, 0) is 50.4 Å². The zero-order valence-electron chi connectivity index (χ0n) is 14.0. The zero-order valence-corrected chi connectivity index (χ0v) is 14.0. The third-order valence-electron chi connectivity index (χ3n) is 5.61. The maximum atomic E-state index is 4.58. The van der Waals surface area contributed by atoms with Crippen molar-refractivity contribution in [1.29, 1.82) is 0 Å². The molecule has 118 valence electrons. The molecule has 1 aromatic heterocycles. The fourth-order valence-electron chi connectivity index (χ4n) is 4.61. The SMILES string of the molecule is CC(C)NCC1(Cc2ncnn2C(C)C)CC2CCC1C2. The summed E-state index contributed by atoms with van der Waals surface area (Å²) in [6, 6.07) is 0.958. The number of aromatic nitrogens is 3. The summed E-state index contributed by atoms with van der Waals surface area (Å²) in [5, 5.41) is 8.15. The fourth-order valence-corrected chi connectivity index (χ4v) is 4.61. The predicted octanol–water partition coefficient (Wildman–Crippen LogP) is 3.21. The molecule has 2 saturated carbocycles. The van der Waals surface area contributed by atoms with Crippen LogP contribution in [0.3, 0.4) is 0 Å². The van der Waals surface area contributed by atoms with E-state index in [1.165, 1.54) is 31.5 Å². The topological polar surface area (TPSA) is 42.7 Å². The molecule has 0 aliphatic heterocycles. The Kier molecular flexibility index (Phi) is 4.08. The molecule has 0 aromatic carbocycles. The summed E-state index contributed by atoms with van der Waals surface area (Å²) in [6.07, 6.45) is 8.50. The van der Waals surface area contributed by atoms with E-state index in [0.29, 0.717) is 17.5 Å². The van der Waals surface area contributed by atoms with Crippen LogP contribution in [0.5, 0.6) is 0 Å². The normalized spacial score (nSPS) is 31.7. The third kappa shape index (κ3) is 2.87. The van der Waals surface area contributed by atoms with Gasteiger partial charge in [-0.15, -0.1) is 0 Å². The Hall–Kier alpha value is -0.900. The summed E-state index contributed by atoms with van der Waals surface area (Å²) in [6.45, 7) is 10.0. The van der Waals surface area contributed by atoms with Crippen molar-refractivity contribution in [2.24, 2.45) is 17.3 Å². The largest absolute Gasteiger partial charge is 0.314 e. The number of nitrogens with one attached hydrogen (secondary N) is 1. The van der Waals surface area contributed by atoms with Crippen molar-refractivity contribution in [2.75, 3.05) is 6.54 Å². The lowest BCUT2D eigenvalue weighted by Gasteiger charge is -2.38. The van der Waals surface area contributed by atoms with Gasteiger partial charge in [-0.2, -0.15) is 5.10 Å². The molecule has 0 amide bonds. The van der Waals surface area contributed by atoms with Gasteiger partial charge in [0, 0.05) is 25.0 Å². The molecule has 2 aliphatic rings. The van der Waals surface area contributed by atoms with Gasteiger partial charge >= 0.3 is 0 Å². The Bertz CT molecular complexity index is 479. The van der Waals surface area contributed by atoms with Gasteiger partial charge in [0.25, 0.3) is 0 Å². The smallest absolute Gasteiger partial charge is 0.138 e. The van der Waals surface area contributed by atoms with E-state index in [1.807, 2.05) is 0 Å². The maximum absolute atomic E-state index is 4.58. The Balaban J connectivity index is 1.81. The summed E-state index contributed by atoms with van der Waals surface area (Å²) in [5.41, 5.74) is 0.410. The van der Waals surface area contributed by atoms with Gasteiger partial charge in [0.2, 0.25) is 0 Å². The highest BCUT2D eigenvalue weighted by atomic mass is 15.3. The monoisotopic (exact) mass is 290 g/mol. The molecule has 21 heavy (non-hydrogen) atoms. The van der Waals surface area contributed by atoms with Crippen molar-refractivity contribution in [2.45, 2.75) is 71.9 Å². The second-order valence-electron chi connectivity index (χ2n) is 7.87. The Labute approximate surface area is 128 Å². The lowest BCUT2D eigenvalue weighted by atomic mass is 9.70. The summed E-state index contributed by atoms with van der Waals surface area (Å²) >= 11 is 0. The number of rotatable bonds is 6. The van der Waals surface area contributed by atoms with Crippen molar-refractivity contribution < 1.29 is 0 Å². The highest BCUT2D eigenvalue weighted by Gasteiger charge is 2.51. The third-order valence-corrected chi connectivity index (χ3v) is 5.61. The van der Waals surface area contributed by atoms with E-state index in [0.717, 1.165) is 24.8 Å². The van der Waals surface area contributed by atoms with Gasteiger partial charge in [0.1, 0.15) is 12.2 Å². The summed E-state index contributed by atoms with van der Waals surface area (Å²) in [5.74, 6) is 3.02. The molecule has 1 heterocycles. The molecule has 0 radical (unpaired) electrons. The molecule has 1 aromatic rings. The van der Waals surface area contributed by atoms with E-state index in [1.54, 1.807) is 6.33 Å². The molecule has 0 saturated heterocycles. The molecule has 2 bridgehead atoms. The predicted molar refractivity (Wildman–Crippen MR) is 85.1 cm³/mol. The van der Waals surface area contributed by atoms with Gasteiger partial charge in [-0.3, -0.25) is 0 Å². The minimum atomic E-state index is 0.399. The van der Waals surface area contributed by atoms with E-state index >= 15 is 0 Å². The molecular weight excluding hydrogens is 260 g/mol. The van der Waals surface area contributed by atoms with E-state index < -0.39 is 0 Å². The van der Waals surface area contributed by atoms with E-state index in [9.17, 15) is 0 Å². The van der Waals surface area contributed by atoms with Crippen LogP contribution in [0.4, 0.5) is 0 Å². The minimum absolute atomic E-state index is 0.399. The lowest BCUT2D eigenvalue weighted by molar-refractivity contribution is 0.146. The molecule has 1 N–H and O–H groups in total. The molecule has 0 spiro atoms. The van der Waals surface area contributed by atoms with Crippen molar-refractivity contribution in [3.05, 3.63) is 12.2 Å². The van der Waals surface area contributed by atoms with Crippen LogP contribution in [0.1, 0.15) is 65.2 Å². The Morgan fingerprint density at radius 1 is 1.33 bits per heavy atom. The molecule has 3 atom stereocenters. The van der Waals surface area contributed by atoms with Gasteiger partial charge in [-0.25, -0.2) is 9.67 Å². The van der Waals surface area contributed by atoms with Gasteiger partial charge in [-0.1, -0.05) is 20.3 Å². The second kappa shape index (κ2) is 5.71. The van der Waals surface area contributed by atoms with Crippen molar-refractivity contribution in [1.82, 2.24) is 20.1 Å². The highest BCUT2D eigenvalue weighted by molar-refractivity contribution is 5.07. The first-order valence-electron chi connectivity index (χ1n) is 8.62. The molecule has 4 heteroatoms. The molecule has 4 nitrogen and oxygen atoms in total. The number of nitrogens with zero attached hydrogens (tertiary/aromatic N) is 3. The van der Waals surface area contributed by atoms with E-state index in [-0.39, 0.29) is 0 Å². The van der Waals surface area contributed by atoms with Gasteiger partial charge in [0.15, 0.2) is 0 Å². The molecule has 3 unspecified atom stereocenters. The molecular formula is C17H30N4. The first-order valence-corrected chi connectivity index (χ1v) is 8.62. The lowest BCUT2D eigenvalue weighted by Crippen LogP contribution is -2.43. The summed E-state index contributed by atoms with van der Waals surface area (Å²) < 4.78 is 2.11. The van der Waals surface area contributed by atoms with Crippen LogP contribution in [-0.2, 0) is 6.42 Å². The van der Waals surface area contributed by atoms with Crippen molar-refractivity contribution in [3.8, 4) is 0 Å². The van der Waals surface area contributed by atoms with Crippen LogP contribution in [-0.4, -0.2) is 27.4 Å². The highest BCUT2D eigenvalue weighted by Crippen LogP contribution is 2.57. The summed E-state index contributed by atoms with van der Waals surface area (Å²) in [7, 11) is 0. The average Bonchev–Trinajstić information content (AvgIpc) is 3.11. The molecule has 2 fully saturated rings. The number of fused-ring (bicyclic) bond motifs is 2. The molecule has 3 rings (SSSR count). The van der Waals surface area contributed by atoms with Crippen molar-refractivity contribution >= 4 is 0 Å².